The van der Waals surface area contributed by atoms with Crippen LogP contribution in [0, 0.1) is 0 Å². The molecule has 15 heavy (non-hydrogen) atoms. The summed E-state index contributed by atoms with van der Waals surface area (Å²) >= 11 is 1.59. The van der Waals surface area contributed by atoms with Gasteiger partial charge in [-0.05, 0) is 6.07 Å². The number of nitrogens with two attached hydrogens (primary N) is 1. The zero-order valence-corrected chi connectivity index (χ0v) is 8.89. The summed E-state index contributed by atoms with van der Waals surface area (Å²) in [5.41, 5.74) is 5.66. The van der Waals surface area contributed by atoms with Gasteiger partial charge in [0.2, 0.25) is 0 Å². The molecule has 5 nitrogen and oxygen atoms in total. The van der Waals surface area contributed by atoms with Crippen LogP contribution in [-0.2, 0) is 6.54 Å². The van der Waals surface area contributed by atoms with E-state index in [9.17, 15) is 0 Å². The predicted molar refractivity (Wildman–Crippen MR) is 59.4 cm³/mol. The lowest BCUT2D eigenvalue weighted by molar-refractivity contribution is 0.666. The van der Waals surface area contributed by atoms with Crippen LogP contribution in [0.1, 0.15) is 0 Å². The Labute approximate surface area is 91.7 Å². The Morgan fingerprint density at radius 3 is 2.87 bits per heavy atom. The van der Waals surface area contributed by atoms with Gasteiger partial charge >= 0.3 is 0 Å². The molecule has 0 aliphatic rings. The smallest absolute Gasteiger partial charge is 0.156 e. The van der Waals surface area contributed by atoms with E-state index in [-0.39, 0.29) is 0 Å². The molecule has 0 saturated heterocycles. The van der Waals surface area contributed by atoms with Crippen molar-refractivity contribution < 1.29 is 0 Å². The third-order valence-electron chi connectivity index (χ3n) is 1.81. The molecule has 78 valence electrons. The van der Waals surface area contributed by atoms with Gasteiger partial charge in [0.1, 0.15) is 5.03 Å². The highest BCUT2D eigenvalue weighted by atomic mass is 32.2. The molecule has 0 bridgehead atoms. The molecule has 0 atom stereocenters. The number of anilines is 1. The molecule has 0 aliphatic heterocycles. The molecule has 2 rings (SSSR count). The van der Waals surface area contributed by atoms with Crippen molar-refractivity contribution in [2.24, 2.45) is 0 Å². The normalized spacial score (nSPS) is 10.4. The summed E-state index contributed by atoms with van der Waals surface area (Å²) < 4.78 is 1.87. The van der Waals surface area contributed by atoms with Gasteiger partial charge in [-0.25, -0.2) is 9.97 Å². The minimum atomic E-state index is 0.489. The second kappa shape index (κ2) is 4.79. The van der Waals surface area contributed by atoms with E-state index >= 15 is 0 Å². The van der Waals surface area contributed by atoms with Crippen molar-refractivity contribution in [3.05, 3.63) is 30.9 Å². The average Bonchev–Trinajstić information content (AvgIpc) is 2.74. The lowest BCUT2D eigenvalue weighted by Gasteiger charge is -2.02. The average molecular weight is 221 g/mol. The summed E-state index contributed by atoms with van der Waals surface area (Å²) in [5, 5.41) is 4.89. The quantitative estimate of drug-likeness (QED) is 0.781. The summed E-state index contributed by atoms with van der Waals surface area (Å²) in [6.07, 6.45) is 6.93. The van der Waals surface area contributed by atoms with Crippen LogP contribution in [0.25, 0.3) is 0 Å². The maximum absolute atomic E-state index is 5.66. The number of aromatic nitrogens is 4. The van der Waals surface area contributed by atoms with Crippen molar-refractivity contribution >= 4 is 17.6 Å². The minimum absolute atomic E-state index is 0.489. The number of hydrogen-bond acceptors (Lipinski definition) is 5. The van der Waals surface area contributed by atoms with E-state index < -0.39 is 0 Å². The molecular weight excluding hydrogens is 210 g/mol. The van der Waals surface area contributed by atoms with Gasteiger partial charge in [-0.2, -0.15) is 5.10 Å². The van der Waals surface area contributed by atoms with E-state index in [0.717, 1.165) is 17.3 Å². The SMILES string of the molecule is Nc1nccnc1SCCn1cccn1. The lowest BCUT2D eigenvalue weighted by Crippen LogP contribution is -2.02. The summed E-state index contributed by atoms with van der Waals surface area (Å²) in [6, 6.07) is 1.90. The maximum atomic E-state index is 5.66. The van der Waals surface area contributed by atoms with Crippen LogP contribution in [-0.4, -0.2) is 25.5 Å². The van der Waals surface area contributed by atoms with Crippen LogP contribution in [0.5, 0.6) is 0 Å². The molecular formula is C9H11N5S. The molecule has 0 spiro atoms. The van der Waals surface area contributed by atoms with E-state index in [1.807, 2.05) is 16.9 Å². The third-order valence-corrected chi connectivity index (χ3v) is 2.78. The Balaban J connectivity index is 1.86. The fourth-order valence-corrected chi connectivity index (χ4v) is 1.92. The molecule has 2 aromatic rings. The summed E-state index contributed by atoms with van der Waals surface area (Å²) in [4.78, 5) is 8.11. The first-order valence-electron chi connectivity index (χ1n) is 4.53. The summed E-state index contributed by atoms with van der Waals surface area (Å²) in [6.45, 7) is 0.841. The fourth-order valence-electron chi connectivity index (χ4n) is 1.12. The van der Waals surface area contributed by atoms with Crippen molar-refractivity contribution in [2.75, 3.05) is 11.5 Å². The van der Waals surface area contributed by atoms with Crippen LogP contribution in [0.2, 0.25) is 0 Å². The summed E-state index contributed by atoms with van der Waals surface area (Å²) in [7, 11) is 0. The first kappa shape index (κ1) is 9.97. The molecule has 0 aromatic carbocycles. The highest BCUT2D eigenvalue weighted by Crippen LogP contribution is 2.19. The van der Waals surface area contributed by atoms with E-state index in [0.29, 0.717) is 5.82 Å². The lowest BCUT2D eigenvalue weighted by atomic mass is 10.7. The van der Waals surface area contributed by atoms with Crippen LogP contribution >= 0.6 is 11.8 Å². The van der Waals surface area contributed by atoms with Gasteiger partial charge in [0.25, 0.3) is 0 Å². The van der Waals surface area contributed by atoms with E-state index in [4.69, 9.17) is 5.73 Å². The minimum Gasteiger partial charge on any atom is -0.381 e. The van der Waals surface area contributed by atoms with Crippen LogP contribution in [0.15, 0.2) is 35.9 Å². The Kier molecular flexibility index (Phi) is 3.18. The molecule has 0 aliphatic carbocycles. The topological polar surface area (TPSA) is 69.6 Å². The maximum Gasteiger partial charge on any atom is 0.156 e. The van der Waals surface area contributed by atoms with Gasteiger partial charge in [-0.15, -0.1) is 11.8 Å². The van der Waals surface area contributed by atoms with Crippen LogP contribution in [0.3, 0.4) is 0 Å². The van der Waals surface area contributed by atoms with Crippen molar-refractivity contribution in [3.8, 4) is 0 Å². The Bertz CT molecular complexity index is 414. The second-order valence-electron chi connectivity index (χ2n) is 2.86. The van der Waals surface area contributed by atoms with E-state index in [2.05, 4.69) is 15.1 Å². The number of nitrogens with zero attached hydrogens (tertiary/aromatic N) is 4. The largest absolute Gasteiger partial charge is 0.381 e. The highest BCUT2D eigenvalue weighted by molar-refractivity contribution is 7.99. The second-order valence-corrected chi connectivity index (χ2v) is 3.95. The van der Waals surface area contributed by atoms with Crippen LogP contribution in [0.4, 0.5) is 5.82 Å². The van der Waals surface area contributed by atoms with Gasteiger partial charge in [-0.1, -0.05) is 0 Å². The fraction of sp³-hybridized carbons (Fsp3) is 0.222. The predicted octanol–water partition coefficient (Wildman–Crippen LogP) is 1.05. The van der Waals surface area contributed by atoms with Crippen molar-refractivity contribution in [3.63, 3.8) is 0 Å². The summed E-state index contributed by atoms with van der Waals surface area (Å²) in [5.74, 6) is 1.37. The van der Waals surface area contributed by atoms with E-state index in [1.54, 1.807) is 30.4 Å². The van der Waals surface area contributed by atoms with Crippen molar-refractivity contribution in [1.82, 2.24) is 19.7 Å². The van der Waals surface area contributed by atoms with Crippen LogP contribution < -0.4 is 5.73 Å². The van der Waals surface area contributed by atoms with Gasteiger partial charge in [0.05, 0.1) is 6.54 Å². The standard InChI is InChI=1S/C9H11N5S/c10-8-9(12-4-3-11-8)15-7-6-14-5-1-2-13-14/h1-5H,6-7H2,(H2,10,11). The van der Waals surface area contributed by atoms with Crippen molar-refractivity contribution in [1.29, 1.82) is 0 Å². The third kappa shape index (κ3) is 2.69. The Morgan fingerprint density at radius 1 is 1.27 bits per heavy atom. The van der Waals surface area contributed by atoms with Crippen molar-refractivity contribution in [2.45, 2.75) is 11.6 Å². The molecule has 0 saturated carbocycles. The van der Waals surface area contributed by atoms with Gasteiger partial charge in [-0.3, -0.25) is 4.68 Å². The highest BCUT2D eigenvalue weighted by Gasteiger charge is 2.01. The Hall–Kier alpha value is -1.56. The molecule has 0 amide bonds. The van der Waals surface area contributed by atoms with Gasteiger partial charge in [0.15, 0.2) is 5.82 Å². The number of rotatable bonds is 4. The molecule has 0 radical (unpaired) electrons. The Morgan fingerprint density at radius 2 is 2.13 bits per heavy atom. The van der Waals surface area contributed by atoms with Gasteiger partial charge < -0.3 is 5.73 Å². The number of nitrogen functional groups attached to an aromatic ring is 1. The number of thioether (sulfide) groups is 1. The number of hydrogen-bond donors (Lipinski definition) is 1. The number of aryl methyl sites for hydroxylation is 1. The zero-order chi connectivity index (χ0) is 10.5. The molecule has 2 N–H and O–H groups in total. The molecule has 2 heterocycles. The zero-order valence-electron chi connectivity index (χ0n) is 8.08. The first-order chi connectivity index (χ1) is 7.36. The molecule has 0 fully saturated rings. The molecule has 0 unspecified atom stereocenters. The molecule has 6 heteroatoms. The monoisotopic (exact) mass is 221 g/mol. The van der Waals surface area contributed by atoms with Gasteiger partial charge in [0, 0.05) is 30.5 Å². The van der Waals surface area contributed by atoms with E-state index in [1.165, 1.54) is 0 Å². The first-order valence-corrected chi connectivity index (χ1v) is 5.51. The molecule has 2 aromatic heterocycles.